The molecule has 0 unspecified atom stereocenters. The van der Waals surface area contributed by atoms with Gasteiger partial charge in [0.15, 0.2) is 5.16 Å². The zero-order chi connectivity index (χ0) is 18.6. The molecule has 7 nitrogen and oxygen atoms in total. The minimum Gasteiger partial charge on any atom is -0.325 e. The number of rotatable bonds is 6. The van der Waals surface area contributed by atoms with Crippen LogP contribution < -0.4 is 5.32 Å². The van der Waals surface area contributed by atoms with Crippen molar-refractivity contribution in [1.29, 1.82) is 0 Å². The monoisotopic (exact) mass is 392 g/mol. The van der Waals surface area contributed by atoms with Crippen molar-refractivity contribution in [2.24, 2.45) is 0 Å². The van der Waals surface area contributed by atoms with Gasteiger partial charge in [-0.2, -0.15) is 4.31 Å². The maximum absolute atomic E-state index is 12.5. The number of thioether (sulfide) groups is 1. The van der Waals surface area contributed by atoms with Gasteiger partial charge in [0.2, 0.25) is 15.9 Å². The summed E-state index contributed by atoms with van der Waals surface area (Å²) in [4.78, 5) is 20.7. The van der Waals surface area contributed by atoms with Gasteiger partial charge in [0.25, 0.3) is 0 Å². The molecule has 26 heavy (non-hydrogen) atoms. The Hall–Kier alpha value is -1.97. The number of carbonyl (C=O) groups is 1. The highest BCUT2D eigenvalue weighted by Gasteiger charge is 2.27. The highest BCUT2D eigenvalue weighted by atomic mass is 32.2. The van der Waals surface area contributed by atoms with E-state index in [4.69, 9.17) is 0 Å². The first-order valence-electron chi connectivity index (χ1n) is 8.31. The average Bonchev–Trinajstić information content (AvgIpc) is 3.18. The molecule has 0 spiro atoms. The maximum Gasteiger partial charge on any atom is 0.243 e. The molecule has 1 atom stereocenters. The number of nitrogens with one attached hydrogen (secondary N) is 1. The van der Waals surface area contributed by atoms with E-state index in [9.17, 15) is 13.2 Å². The summed E-state index contributed by atoms with van der Waals surface area (Å²) in [6.45, 7) is 2.90. The second kappa shape index (κ2) is 8.15. The first-order valence-corrected chi connectivity index (χ1v) is 10.6. The predicted molar refractivity (Wildman–Crippen MR) is 100 cm³/mol. The molecule has 1 aromatic carbocycles. The summed E-state index contributed by atoms with van der Waals surface area (Å²) in [7, 11) is -3.44. The summed E-state index contributed by atoms with van der Waals surface area (Å²) in [6, 6.07) is 7.99. The van der Waals surface area contributed by atoms with E-state index in [2.05, 4.69) is 15.3 Å². The van der Waals surface area contributed by atoms with Gasteiger partial charge < -0.3 is 5.32 Å². The van der Waals surface area contributed by atoms with E-state index in [1.54, 1.807) is 37.5 Å². The first-order chi connectivity index (χ1) is 12.5. The van der Waals surface area contributed by atoms with Crippen LogP contribution in [0.15, 0.2) is 52.8 Å². The summed E-state index contributed by atoms with van der Waals surface area (Å²) in [5.74, 6) is -0.197. The van der Waals surface area contributed by atoms with Gasteiger partial charge in [-0.05, 0) is 50.1 Å². The predicted octanol–water partition coefficient (Wildman–Crippen LogP) is 2.38. The Kier molecular flexibility index (Phi) is 5.90. The molecular weight excluding hydrogens is 372 g/mol. The number of carbonyl (C=O) groups excluding carboxylic acids is 1. The summed E-state index contributed by atoms with van der Waals surface area (Å²) in [5.41, 5.74) is 0.553. The molecule has 0 bridgehead atoms. The lowest BCUT2D eigenvalue weighted by Gasteiger charge is -2.16. The van der Waals surface area contributed by atoms with Gasteiger partial charge in [0, 0.05) is 31.2 Å². The van der Waals surface area contributed by atoms with Crippen LogP contribution in [0.1, 0.15) is 19.8 Å². The summed E-state index contributed by atoms with van der Waals surface area (Å²) in [6.07, 6.45) is 5.04. The number of aromatic nitrogens is 2. The number of hydrogen-bond acceptors (Lipinski definition) is 6. The average molecular weight is 393 g/mol. The molecular formula is C17H20N4O3S2. The molecule has 9 heteroatoms. The molecule has 1 amide bonds. The van der Waals surface area contributed by atoms with E-state index >= 15 is 0 Å². The lowest BCUT2D eigenvalue weighted by Crippen LogP contribution is -2.27. The van der Waals surface area contributed by atoms with E-state index in [0.29, 0.717) is 23.9 Å². The topological polar surface area (TPSA) is 92.3 Å². The smallest absolute Gasteiger partial charge is 0.243 e. The van der Waals surface area contributed by atoms with Gasteiger partial charge in [-0.3, -0.25) is 4.79 Å². The Labute approximate surface area is 157 Å². The Morgan fingerprint density at radius 1 is 1.15 bits per heavy atom. The molecule has 1 N–H and O–H groups in total. The maximum atomic E-state index is 12.5. The van der Waals surface area contributed by atoms with Crippen LogP contribution in [0.5, 0.6) is 0 Å². The van der Waals surface area contributed by atoms with E-state index < -0.39 is 10.0 Å². The third-order valence-electron chi connectivity index (χ3n) is 4.02. The molecule has 1 fully saturated rings. The van der Waals surface area contributed by atoms with Gasteiger partial charge in [0.1, 0.15) is 0 Å². The van der Waals surface area contributed by atoms with Crippen LogP contribution in [-0.4, -0.2) is 46.9 Å². The fourth-order valence-corrected chi connectivity index (χ4v) is 4.83. The van der Waals surface area contributed by atoms with Crippen molar-refractivity contribution in [3.8, 4) is 0 Å². The van der Waals surface area contributed by atoms with Crippen molar-refractivity contribution in [1.82, 2.24) is 14.3 Å². The van der Waals surface area contributed by atoms with Crippen molar-refractivity contribution in [2.45, 2.75) is 35.1 Å². The van der Waals surface area contributed by atoms with E-state index in [1.165, 1.54) is 28.2 Å². The zero-order valence-corrected chi connectivity index (χ0v) is 16.0. The largest absolute Gasteiger partial charge is 0.325 e. The number of hydrogen-bond donors (Lipinski definition) is 1. The Bertz CT molecular complexity index is 851. The van der Waals surface area contributed by atoms with Crippen molar-refractivity contribution in [3.63, 3.8) is 0 Å². The summed E-state index contributed by atoms with van der Waals surface area (Å²) < 4.78 is 26.5. The van der Waals surface area contributed by atoms with Crippen molar-refractivity contribution >= 4 is 33.4 Å². The first kappa shape index (κ1) is 18.8. The lowest BCUT2D eigenvalue weighted by atomic mass is 10.3. The van der Waals surface area contributed by atoms with Gasteiger partial charge in [-0.15, -0.1) is 0 Å². The van der Waals surface area contributed by atoms with Crippen molar-refractivity contribution in [3.05, 3.63) is 42.7 Å². The number of sulfonamides is 1. The molecule has 1 saturated heterocycles. The molecule has 0 saturated carbocycles. The van der Waals surface area contributed by atoms with Crippen molar-refractivity contribution in [2.75, 3.05) is 18.4 Å². The van der Waals surface area contributed by atoms with Crippen molar-refractivity contribution < 1.29 is 13.2 Å². The Morgan fingerprint density at radius 3 is 2.38 bits per heavy atom. The number of nitrogens with zero attached hydrogens (tertiary/aromatic N) is 3. The normalized spacial score (nSPS) is 16.3. The third kappa shape index (κ3) is 4.40. The quantitative estimate of drug-likeness (QED) is 0.599. The Morgan fingerprint density at radius 2 is 1.77 bits per heavy atom. The van der Waals surface area contributed by atoms with E-state index in [0.717, 1.165) is 12.8 Å². The molecule has 138 valence electrons. The molecule has 1 aliphatic heterocycles. The van der Waals surface area contributed by atoms with Gasteiger partial charge in [-0.1, -0.05) is 11.8 Å². The lowest BCUT2D eigenvalue weighted by molar-refractivity contribution is -0.115. The van der Waals surface area contributed by atoms with Gasteiger partial charge in [0.05, 0.1) is 10.1 Å². The second-order valence-electron chi connectivity index (χ2n) is 5.92. The number of amides is 1. The molecule has 1 aliphatic rings. The van der Waals surface area contributed by atoms with Crippen LogP contribution in [0.3, 0.4) is 0 Å². The molecule has 3 rings (SSSR count). The molecule has 2 aromatic rings. The minimum absolute atomic E-state index is 0.197. The SMILES string of the molecule is C[C@@H](Sc1ncccn1)C(=O)Nc1ccc(S(=O)(=O)N2CCCC2)cc1. The summed E-state index contributed by atoms with van der Waals surface area (Å²) >= 11 is 1.26. The van der Waals surface area contributed by atoms with E-state index in [-0.39, 0.29) is 16.1 Å². The molecule has 1 aromatic heterocycles. The Balaban J connectivity index is 1.62. The minimum atomic E-state index is -3.44. The highest BCUT2D eigenvalue weighted by Crippen LogP contribution is 2.23. The third-order valence-corrected chi connectivity index (χ3v) is 6.92. The van der Waals surface area contributed by atoms with Crippen LogP contribution in [0.4, 0.5) is 5.69 Å². The van der Waals surface area contributed by atoms with Crippen LogP contribution in [-0.2, 0) is 14.8 Å². The number of anilines is 1. The zero-order valence-electron chi connectivity index (χ0n) is 14.3. The van der Waals surface area contributed by atoms with Crippen LogP contribution in [0, 0.1) is 0 Å². The highest BCUT2D eigenvalue weighted by molar-refractivity contribution is 8.00. The number of benzene rings is 1. The second-order valence-corrected chi connectivity index (χ2v) is 9.16. The van der Waals surface area contributed by atoms with Crippen LogP contribution >= 0.6 is 11.8 Å². The fraction of sp³-hybridized carbons (Fsp3) is 0.353. The van der Waals surface area contributed by atoms with Crippen LogP contribution in [0.2, 0.25) is 0 Å². The van der Waals surface area contributed by atoms with Gasteiger partial charge in [-0.25, -0.2) is 18.4 Å². The van der Waals surface area contributed by atoms with E-state index in [1.807, 2.05) is 0 Å². The standard InChI is InChI=1S/C17H20N4O3S2/c1-13(25-17-18-9-4-10-19-17)16(22)20-14-5-7-15(8-6-14)26(23,24)21-11-2-3-12-21/h4-10,13H,2-3,11-12H2,1H3,(H,20,22)/t13-/m1/s1. The van der Waals surface area contributed by atoms with Gasteiger partial charge >= 0.3 is 0 Å². The summed E-state index contributed by atoms with van der Waals surface area (Å²) in [5, 5.41) is 2.93. The molecule has 2 heterocycles. The fourth-order valence-electron chi connectivity index (χ4n) is 2.59. The molecule has 0 aliphatic carbocycles. The van der Waals surface area contributed by atoms with Crippen LogP contribution in [0.25, 0.3) is 0 Å². The molecule has 0 radical (unpaired) electrons.